The highest BCUT2D eigenvalue weighted by Gasteiger charge is 2.35. The molecule has 0 spiro atoms. The molecule has 0 aromatic heterocycles. The smallest absolute Gasteiger partial charge is 0.240 e. The first-order valence-corrected chi connectivity index (χ1v) is 7.95. The van der Waals surface area contributed by atoms with E-state index >= 15 is 0 Å². The summed E-state index contributed by atoms with van der Waals surface area (Å²) in [5, 5.41) is -0.971. The molecule has 1 rings (SSSR count). The van der Waals surface area contributed by atoms with Gasteiger partial charge in [0.15, 0.2) is 9.84 Å². The molecule has 7 heteroatoms. The molecule has 1 aliphatic rings. The van der Waals surface area contributed by atoms with E-state index < -0.39 is 15.1 Å². The second kappa shape index (κ2) is 6.73. The van der Waals surface area contributed by atoms with Gasteiger partial charge in [0.2, 0.25) is 5.91 Å². The molecule has 0 radical (unpaired) electrons. The zero-order chi connectivity index (χ0) is 13.2. The molecule has 1 aliphatic heterocycles. The number of nitrogens with two attached hydrogens (primary N) is 1. The molecule has 18 heavy (non-hydrogen) atoms. The minimum absolute atomic E-state index is 0. The molecule has 0 bridgehead atoms. The molecular weight excluding hydrogens is 276 g/mol. The molecule has 0 saturated carbocycles. The molecule has 0 aliphatic carbocycles. The summed E-state index contributed by atoms with van der Waals surface area (Å²) in [6.07, 6.45) is 3.93. The molecule has 0 aromatic carbocycles. The monoisotopic (exact) mass is 298 g/mol. The molecule has 1 saturated heterocycles. The first-order valence-electron chi connectivity index (χ1n) is 6.00. The third-order valence-electron chi connectivity index (χ3n) is 3.43. The van der Waals surface area contributed by atoms with Crippen molar-refractivity contribution in [2.75, 3.05) is 12.8 Å². The predicted octanol–water partition coefficient (Wildman–Crippen LogP) is 0.570. The number of carbonyl (C=O) groups excluding carboxylic acids is 1. The van der Waals surface area contributed by atoms with E-state index in [-0.39, 0.29) is 30.4 Å². The Morgan fingerprint density at radius 3 is 2.33 bits per heavy atom. The lowest BCUT2D eigenvalue weighted by atomic mass is 9.96. The highest BCUT2D eigenvalue weighted by atomic mass is 35.5. The first-order chi connectivity index (χ1) is 7.75. The van der Waals surface area contributed by atoms with E-state index in [1.807, 2.05) is 6.92 Å². The van der Waals surface area contributed by atoms with Crippen LogP contribution in [0.25, 0.3) is 0 Å². The second-order valence-corrected chi connectivity index (χ2v) is 7.29. The predicted molar refractivity (Wildman–Crippen MR) is 74.6 cm³/mol. The van der Waals surface area contributed by atoms with E-state index in [2.05, 4.69) is 0 Å². The Hall–Kier alpha value is -0.330. The average Bonchev–Trinajstić information content (AvgIpc) is 2.25. The maximum absolute atomic E-state index is 12.2. The number of nitrogens with zero attached hydrogens (tertiary/aromatic N) is 1. The van der Waals surface area contributed by atoms with Crippen LogP contribution in [0.2, 0.25) is 0 Å². The summed E-state index contributed by atoms with van der Waals surface area (Å²) in [7, 11) is -3.33. The molecule has 2 N–H and O–H groups in total. The van der Waals surface area contributed by atoms with Crippen molar-refractivity contribution in [1.29, 1.82) is 0 Å². The number of hydrogen-bond donors (Lipinski definition) is 1. The Labute approximate surface area is 115 Å². The van der Waals surface area contributed by atoms with Crippen LogP contribution in [0.15, 0.2) is 0 Å². The molecule has 108 valence electrons. The first kappa shape index (κ1) is 17.7. The van der Waals surface area contributed by atoms with Crippen molar-refractivity contribution < 1.29 is 13.2 Å². The fraction of sp³-hybridized carbons (Fsp3) is 0.909. The minimum atomic E-state index is -3.33. The molecule has 1 heterocycles. The summed E-state index contributed by atoms with van der Waals surface area (Å²) in [4.78, 5) is 13.8. The van der Waals surface area contributed by atoms with E-state index in [0.29, 0.717) is 6.54 Å². The van der Waals surface area contributed by atoms with Crippen molar-refractivity contribution in [3.63, 3.8) is 0 Å². The highest BCUT2D eigenvalue weighted by molar-refractivity contribution is 7.92. The van der Waals surface area contributed by atoms with Gasteiger partial charge in [-0.1, -0.05) is 0 Å². The van der Waals surface area contributed by atoms with Crippen LogP contribution in [0.4, 0.5) is 0 Å². The summed E-state index contributed by atoms with van der Waals surface area (Å²) in [5.41, 5.74) is 5.86. The van der Waals surface area contributed by atoms with Crippen LogP contribution in [0.1, 0.15) is 33.1 Å². The Kier molecular flexibility index (Phi) is 6.60. The number of sulfone groups is 1. The zero-order valence-corrected chi connectivity index (χ0v) is 12.8. The summed E-state index contributed by atoms with van der Waals surface area (Å²) in [6.45, 7) is 3.93. The number of likely N-dealkylation sites (tertiary alicyclic amines) is 1. The SMILES string of the molecule is CC(N)C1CCCCN1C(=O)C(C)S(C)(=O)=O.Cl. The summed E-state index contributed by atoms with van der Waals surface area (Å²) in [6, 6.07) is -0.147. The van der Waals surface area contributed by atoms with Crippen LogP contribution in [-0.2, 0) is 14.6 Å². The molecule has 1 amide bonds. The maximum atomic E-state index is 12.2. The maximum Gasteiger partial charge on any atom is 0.240 e. The third kappa shape index (κ3) is 4.10. The lowest BCUT2D eigenvalue weighted by Gasteiger charge is -2.39. The van der Waals surface area contributed by atoms with Crippen LogP contribution >= 0.6 is 12.4 Å². The van der Waals surface area contributed by atoms with Gasteiger partial charge in [-0.3, -0.25) is 4.79 Å². The van der Waals surface area contributed by atoms with Crippen molar-refractivity contribution in [1.82, 2.24) is 4.90 Å². The Morgan fingerprint density at radius 2 is 1.89 bits per heavy atom. The van der Waals surface area contributed by atoms with Crippen LogP contribution in [0, 0.1) is 0 Å². The minimum Gasteiger partial charge on any atom is -0.337 e. The van der Waals surface area contributed by atoms with Crippen LogP contribution < -0.4 is 5.73 Å². The molecular formula is C11H23ClN2O3S. The quantitative estimate of drug-likeness (QED) is 0.826. The number of hydrogen-bond acceptors (Lipinski definition) is 4. The molecule has 3 unspecified atom stereocenters. The second-order valence-electron chi connectivity index (χ2n) is 4.93. The van der Waals surface area contributed by atoms with Gasteiger partial charge in [0.25, 0.3) is 0 Å². The number of amides is 1. The number of piperidine rings is 1. The van der Waals surface area contributed by atoms with Crippen molar-refractivity contribution in [3.05, 3.63) is 0 Å². The van der Waals surface area contributed by atoms with E-state index in [0.717, 1.165) is 25.5 Å². The largest absolute Gasteiger partial charge is 0.337 e. The van der Waals surface area contributed by atoms with E-state index in [1.165, 1.54) is 6.92 Å². The Bertz CT molecular complexity index is 384. The van der Waals surface area contributed by atoms with Crippen molar-refractivity contribution >= 4 is 28.2 Å². The lowest BCUT2D eigenvalue weighted by molar-refractivity contribution is -0.134. The normalized spacial score (nSPS) is 24.0. The fourth-order valence-electron chi connectivity index (χ4n) is 2.19. The number of halogens is 1. The van der Waals surface area contributed by atoms with Crippen molar-refractivity contribution in [2.24, 2.45) is 5.73 Å². The summed E-state index contributed by atoms with van der Waals surface area (Å²) >= 11 is 0. The lowest BCUT2D eigenvalue weighted by Crippen LogP contribution is -2.54. The standard InChI is InChI=1S/C11H22N2O3S.ClH/c1-8(12)10-6-4-5-7-13(10)11(14)9(2)17(3,15)16;/h8-10H,4-7,12H2,1-3H3;1H. The Balaban J connectivity index is 0.00000289. The van der Waals surface area contributed by atoms with E-state index in [4.69, 9.17) is 5.73 Å². The topological polar surface area (TPSA) is 80.5 Å². The van der Waals surface area contributed by atoms with E-state index in [9.17, 15) is 13.2 Å². The van der Waals surface area contributed by atoms with Gasteiger partial charge in [0.05, 0.1) is 0 Å². The molecule has 1 fully saturated rings. The van der Waals surface area contributed by atoms with Gasteiger partial charge in [-0.05, 0) is 33.1 Å². The van der Waals surface area contributed by atoms with Gasteiger partial charge in [0, 0.05) is 24.9 Å². The van der Waals surface area contributed by atoms with E-state index in [1.54, 1.807) is 4.90 Å². The van der Waals surface area contributed by atoms with Crippen LogP contribution in [-0.4, -0.2) is 49.4 Å². The van der Waals surface area contributed by atoms with Gasteiger partial charge in [0.1, 0.15) is 5.25 Å². The summed E-state index contributed by atoms with van der Waals surface area (Å²) < 4.78 is 22.8. The zero-order valence-electron chi connectivity index (χ0n) is 11.1. The summed E-state index contributed by atoms with van der Waals surface area (Å²) in [5.74, 6) is -0.311. The van der Waals surface area contributed by atoms with Gasteiger partial charge < -0.3 is 10.6 Å². The average molecular weight is 299 g/mol. The van der Waals surface area contributed by atoms with Gasteiger partial charge >= 0.3 is 0 Å². The van der Waals surface area contributed by atoms with Crippen molar-refractivity contribution in [2.45, 2.75) is 50.4 Å². The van der Waals surface area contributed by atoms with Gasteiger partial charge in [-0.15, -0.1) is 12.4 Å². The number of rotatable bonds is 3. The number of carbonyl (C=O) groups is 1. The fourth-order valence-corrected chi connectivity index (χ4v) is 2.70. The molecule has 3 atom stereocenters. The Morgan fingerprint density at radius 1 is 1.33 bits per heavy atom. The van der Waals surface area contributed by atoms with Gasteiger partial charge in [-0.25, -0.2) is 8.42 Å². The van der Waals surface area contributed by atoms with Crippen LogP contribution in [0.5, 0.6) is 0 Å². The molecule has 5 nitrogen and oxygen atoms in total. The third-order valence-corrected chi connectivity index (χ3v) is 4.92. The van der Waals surface area contributed by atoms with Gasteiger partial charge in [-0.2, -0.15) is 0 Å². The van der Waals surface area contributed by atoms with Crippen molar-refractivity contribution in [3.8, 4) is 0 Å². The van der Waals surface area contributed by atoms with Crippen LogP contribution in [0.3, 0.4) is 0 Å². The molecule has 0 aromatic rings. The highest BCUT2D eigenvalue weighted by Crippen LogP contribution is 2.21.